The van der Waals surface area contributed by atoms with E-state index in [0.29, 0.717) is 0 Å². The Hall–Kier alpha value is -2.43. The van der Waals surface area contributed by atoms with Crippen molar-refractivity contribution >= 4 is 17.8 Å². The number of likely N-dealkylation sites (N-methyl/N-ethyl adjacent to an activating group) is 1. The highest BCUT2D eigenvalue weighted by Crippen LogP contribution is 2.29. The Morgan fingerprint density at radius 2 is 2.10 bits per heavy atom. The van der Waals surface area contributed by atoms with Crippen LogP contribution in [0.2, 0.25) is 0 Å². The summed E-state index contributed by atoms with van der Waals surface area (Å²) in [5.74, 6) is 1.59. The molecule has 1 unspecified atom stereocenters. The van der Waals surface area contributed by atoms with Gasteiger partial charge < -0.3 is 10.2 Å². The topological polar surface area (TPSA) is 58.1 Å². The van der Waals surface area contributed by atoms with E-state index in [0.717, 1.165) is 36.5 Å². The van der Waals surface area contributed by atoms with Gasteiger partial charge in [0.05, 0.1) is 11.9 Å². The third-order valence-corrected chi connectivity index (χ3v) is 3.48. The van der Waals surface area contributed by atoms with Crippen molar-refractivity contribution in [1.82, 2.24) is 9.97 Å². The Balaban J connectivity index is 1.74. The zero-order valence-corrected chi connectivity index (χ0v) is 11.3. The first kappa shape index (κ1) is 12.6. The van der Waals surface area contributed by atoms with Crippen LogP contribution in [0.15, 0.2) is 36.5 Å². The van der Waals surface area contributed by atoms with Crippen LogP contribution >= 0.6 is 0 Å². The highest BCUT2D eigenvalue weighted by molar-refractivity contribution is 5.81. The number of benzene rings is 1. The maximum Gasteiger partial charge on any atom is 0.162 e. The fraction of sp³-hybridized carbons (Fsp3) is 0.267. The van der Waals surface area contributed by atoms with E-state index in [4.69, 9.17) is 0 Å². The van der Waals surface area contributed by atoms with Crippen LogP contribution < -0.4 is 10.2 Å². The Morgan fingerprint density at radius 3 is 2.85 bits per heavy atom. The molecule has 0 amide bonds. The summed E-state index contributed by atoms with van der Waals surface area (Å²) in [7, 11) is 1.85. The number of nitrogens with one attached hydrogen (secondary N) is 1. The molecule has 102 valence electrons. The van der Waals surface area contributed by atoms with Gasteiger partial charge in [0.25, 0.3) is 0 Å². The Kier molecular flexibility index (Phi) is 3.33. The minimum Gasteiger partial charge on any atom is -0.355 e. The second-order valence-corrected chi connectivity index (χ2v) is 4.85. The Bertz CT molecular complexity index is 615. The van der Waals surface area contributed by atoms with Gasteiger partial charge in [0.2, 0.25) is 0 Å². The highest BCUT2D eigenvalue weighted by atomic mass is 16.1. The summed E-state index contributed by atoms with van der Waals surface area (Å²) < 4.78 is 0. The third-order valence-electron chi connectivity index (χ3n) is 3.48. The third kappa shape index (κ3) is 2.34. The maximum absolute atomic E-state index is 10.9. The van der Waals surface area contributed by atoms with E-state index in [1.54, 1.807) is 6.20 Å². The standard InChI is InChI=1S/C15H16N4O/c1-19-14(10-20)17-12-9-16-13(18-15(12)19)8-7-11-5-3-2-4-6-11/h2-6,9-10,14,17H,7-8H2,1H3. The van der Waals surface area contributed by atoms with E-state index in [1.165, 1.54) is 5.56 Å². The lowest BCUT2D eigenvalue weighted by Gasteiger charge is -2.15. The molecule has 1 aliphatic rings. The van der Waals surface area contributed by atoms with Crippen LogP contribution in [0.4, 0.5) is 11.5 Å². The molecule has 1 N–H and O–H groups in total. The average Bonchev–Trinajstić information content (AvgIpc) is 2.82. The van der Waals surface area contributed by atoms with Crippen molar-refractivity contribution in [3.05, 3.63) is 47.9 Å². The summed E-state index contributed by atoms with van der Waals surface area (Å²) in [4.78, 5) is 21.7. The molecule has 0 fully saturated rings. The number of carbonyl (C=O) groups is 1. The van der Waals surface area contributed by atoms with Crippen LogP contribution in [0.3, 0.4) is 0 Å². The van der Waals surface area contributed by atoms with E-state index >= 15 is 0 Å². The molecule has 0 saturated heterocycles. The lowest BCUT2D eigenvalue weighted by molar-refractivity contribution is -0.108. The number of aldehydes is 1. The summed E-state index contributed by atoms with van der Waals surface area (Å²) in [6, 6.07) is 10.3. The zero-order chi connectivity index (χ0) is 13.9. The van der Waals surface area contributed by atoms with Gasteiger partial charge in [0.15, 0.2) is 18.3 Å². The summed E-state index contributed by atoms with van der Waals surface area (Å²) >= 11 is 0. The molecule has 0 saturated carbocycles. The summed E-state index contributed by atoms with van der Waals surface area (Å²) in [5.41, 5.74) is 2.09. The first-order chi connectivity index (χ1) is 9.78. The average molecular weight is 268 g/mol. The van der Waals surface area contributed by atoms with Gasteiger partial charge in [-0.15, -0.1) is 0 Å². The zero-order valence-electron chi connectivity index (χ0n) is 11.3. The van der Waals surface area contributed by atoms with Crippen LogP contribution in [0.25, 0.3) is 0 Å². The van der Waals surface area contributed by atoms with Crippen LogP contribution in [-0.2, 0) is 17.6 Å². The van der Waals surface area contributed by atoms with Crippen LogP contribution in [-0.4, -0.2) is 29.5 Å². The SMILES string of the molecule is CN1c2nc(CCc3ccccc3)ncc2NC1C=O. The van der Waals surface area contributed by atoms with E-state index in [9.17, 15) is 4.79 Å². The highest BCUT2D eigenvalue weighted by Gasteiger charge is 2.27. The van der Waals surface area contributed by atoms with Gasteiger partial charge in [-0.3, -0.25) is 4.79 Å². The number of nitrogens with zero attached hydrogens (tertiary/aromatic N) is 3. The van der Waals surface area contributed by atoms with Gasteiger partial charge >= 0.3 is 0 Å². The quantitative estimate of drug-likeness (QED) is 0.854. The molecule has 2 heterocycles. The Morgan fingerprint density at radius 1 is 1.30 bits per heavy atom. The van der Waals surface area contributed by atoms with Gasteiger partial charge in [-0.1, -0.05) is 30.3 Å². The molecule has 0 aliphatic carbocycles. The number of hydrogen-bond donors (Lipinski definition) is 1. The molecule has 2 aromatic rings. The number of aromatic nitrogens is 2. The number of carbonyl (C=O) groups excluding carboxylic acids is 1. The Labute approximate surface area is 117 Å². The number of rotatable bonds is 4. The van der Waals surface area contributed by atoms with Crippen LogP contribution in [0.1, 0.15) is 11.4 Å². The van der Waals surface area contributed by atoms with Crippen molar-refractivity contribution in [2.45, 2.75) is 19.0 Å². The second kappa shape index (κ2) is 5.28. The maximum atomic E-state index is 10.9. The molecule has 5 heteroatoms. The molecule has 0 radical (unpaired) electrons. The second-order valence-electron chi connectivity index (χ2n) is 4.85. The van der Waals surface area contributed by atoms with Gasteiger partial charge in [-0.2, -0.15) is 0 Å². The lowest BCUT2D eigenvalue weighted by Crippen LogP contribution is -2.33. The smallest absolute Gasteiger partial charge is 0.162 e. The van der Waals surface area contributed by atoms with Gasteiger partial charge in [0, 0.05) is 13.5 Å². The first-order valence-corrected chi connectivity index (χ1v) is 6.62. The van der Waals surface area contributed by atoms with Gasteiger partial charge in [-0.25, -0.2) is 9.97 Å². The lowest BCUT2D eigenvalue weighted by atomic mass is 10.1. The molecule has 1 aromatic heterocycles. The molecular formula is C15H16N4O. The largest absolute Gasteiger partial charge is 0.355 e. The fourth-order valence-electron chi connectivity index (χ4n) is 2.31. The van der Waals surface area contributed by atoms with Crippen molar-refractivity contribution in [3.63, 3.8) is 0 Å². The molecule has 3 rings (SSSR count). The van der Waals surface area contributed by atoms with Gasteiger partial charge in [0.1, 0.15) is 5.82 Å². The molecule has 0 bridgehead atoms. The fourth-order valence-corrected chi connectivity index (χ4v) is 2.31. The van der Waals surface area contributed by atoms with Crippen LogP contribution in [0.5, 0.6) is 0 Å². The number of aryl methyl sites for hydroxylation is 2. The molecule has 1 aliphatic heterocycles. The first-order valence-electron chi connectivity index (χ1n) is 6.62. The molecule has 1 aromatic carbocycles. The molecule has 20 heavy (non-hydrogen) atoms. The van der Waals surface area contributed by atoms with E-state index < -0.39 is 0 Å². The van der Waals surface area contributed by atoms with Crippen molar-refractivity contribution in [3.8, 4) is 0 Å². The monoisotopic (exact) mass is 268 g/mol. The van der Waals surface area contributed by atoms with Crippen molar-refractivity contribution in [1.29, 1.82) is 0 Å². The van der Waals surface area contributed by atoms with Crippen molar-refractivity contribution in [2.24, 2.45) is 0 Å². The van der Waals surface area contributed by atoms with E-state index in [1.807, 2.05) is 30.1 Å². The van der Waals surface area contributed by atoms with Crippen LogP contribution in [0, 0.1) is 0 Å². The van der Waals surface area contributed by atoms with E-state index in [-0.39, 0.29) is 6.17 Å². The number of fused-ring (bicyclic) bond motifs is 1. The molecule has 5 nitrogen and oxygen atoms in total. The number of anilines is 2. The predicted molar refractivity (Wildman–Crippen MR) is 77.8 cm³/mol. The van der Waals surface area contributed by atoms with E-state index in [2.05, 4.69) is 27.4 Å². The van der Waals surface area contributed by atoms with Crippen molar-refractivity contribution in [2.75, 3.05) is 17.3 Å². The minimum absolute atomic E-state index is 0.344. The molecule has 1 atom stereocenters. The summed E-state index contributed by atoms with van der Waals surface area (Å²) in [5, 5.41) is 3.07. The predicted octanol–water partition coefficient (Wildman–Crippen LogP) is 1.65. The molecule has 0 spiro atoms. The van der Waals surface area contributed by atoms with Gasteiger partial charge in [-0.05, 0) is 12.0 Å². The minimum atomic E-state index is -0.344. The summed E-state index contributed by atoms with van der Waals surface area (Å²) in [6.45, 7) is 0. The molecular weight excluding hydrogens is 252 g/mol. The van der Waals surface area contributed by atoms with Crippen molar-refractivity contribution < 1.29 is 4.79 Å². The summed E-state index contributed by atoms with van der Waals surface area (Å²) in [6.07, 6.45) is 3.97. The number of hydrogen-bond acceptors (Lipinski definition) is 5. The normalized spacial score (nSPS) is 16.6.